The Kier molecular flexibility index (Phi) is 4.38. The normalized spacial score (nSPS) is 12.4. The van der Waals surface area contributed by atoms with Gasteiger partial charge in [-0.05, 0) is 46.2 Å². The Morgan fingerprint density at radius 3 is 2.33 bits per heavy atom. The van der Waals surface area contributed by atoms with Crippen LogP contribution in [0, 0.1) is 5.82 Å². The van der Waals surface area contributed by atoms with Crippen LogP contribution in [-0.2, 0) is 0 Å². The summed E-state index contributed by atoms with van der Waals surface area (Å²) in [4.78, 5) is 10.8. The van der Waals surface area contributed by atoms with E-state index in [0.29, 0.717) is 12.0 Å². The van der Waals surface area contributed by atoms with Gasteiger partial charge in [0, 0.05) is 0 Å². The minimum atomic E-state index is -1.98. The predicted octanol–water partition coefficient (Wildman–Crippen LogP) is 4.78. The van der Waals surface area contributed by atoms with Crippen LogP contribution in [0.15, 0.2) is 16.6 Å². The Balaban J connectivity index is 3.14. The molecule has 0 radical (unpaired) electrons. The first-order valence-electron chi connectivity index (χ1n) is 5.72. The summed E-state index contributed by atoms with van der Waals surface area (Å²) in [6.45, 7) is 10.6. The highest BCUT2D eigenvalue weighted by atomic mass is 79.9. The number of aldehydes is 1. The molecule has 2 nitrogen and oxygen atoms in total. The average Bonchev–Trinajstić information content (AvgIpc) is 2.21. The van der Waals surface area contributed by atoms with E-state index >= 15 is 0 Å². The molecule has 0 saturated carbocycles. The van der Waals surface area contributed by atoms with Gasteiger partial charge in [0.2, 0.25) is 8.32 Å². The Morgan fingerprint density at radius 1 is 1.33 bits per heavy atom. The molecule has 0 aromatic heterocycles. The highest BCUT2D eigenvalue weighted by Gasteiger charge is 2.39. The van der Waals surface area contributed by atoms with Crippen molar-refractivity contribution in [3.8, 4) is 5.75 Å². The second-order valence-corrected chi connectivity index (χ2v) is 11.4. The number of rotatable bonds is 3. The van der Waals surface area contributed by atoms with Crippen LogP contribution in [0.4, 0.5) is 4.39 Å². The highest BCUT2D eigenvalue weighted by Crippen LogP contribution is 2.38. The molecule has 0 bridgehead atoms. The maximum Gasteiger partial charge on any atom is 0.250 e. The number of hydrogen-bond acceptors (Lipinski definition) is 2. The first kappa shape index (κ1) is 15.4. The van der Waals surface area contributed by atoms with Gasteiger partial charge in [-0.2, -0.15) is 0 Å². The lowest BCUT2D eigenvalue weighted by Gasteiger charge is -2.36. The largest absolute Gasteiger partial charge is 0.543 e. The third-order valence-corrected chi connectivity index (χ3v) is 8.27. The summed E-state index contributed by atoms with van der Waals surface area (Å²) in [5.41, 5.74) is 0.0121. The quantitative estimate of drug-likeness (QED) is 0.587. The third-order valence-electron chi connectivity index (χ3n) is 3.34. The van der Waals surface area contributed by atoms with Crippen LogP contribution in [0.25, 0.3) is 0 Å². The summed E-state index contributed by atoms with van der Waals surface area (Å²) in [7, 11) is -1.98. The lowest BCUT2D eigenvalue weighted by atomic mass is 10.2. The number of halogens is 2. The molecule has 0 N–H and O–H groups in total. The van der Waals surface area contributed by atoms with Gasteiger partial charge in [0.1, 0.15) is 11.6 Å². The molecular formula is C13H18BrFO2Si. The van der Waals surface area contributed by atoms with E-state index in [9.17, 15) is 9.18 Å². The Bertz CT molecular complexity index is 467. The maximum atomic E-state index is 13.5. The van der Waals surface area contributed by atoms with Crippen molar-refractivity contribution in [3.05, 3.63) is 28.0 Å². The Hall–Kier alpha value is -0.683. The summed E-state index contributed by atoms with van der Waals surface area (Å²) in [6.07, 6.45) is 0.499. The van der Waals surface area contributed by atoms with Crippen molar-refractivity contribution in [3.63, 3.8) is 0 Å². The first-order chi connectivity index (χ1) is 8.08. The van der Waals surface area contributed by atoms with E-state index < -0.39 is 14.1 Å². The molecule has 1 rings (SSSR count). The zero-order chi connectivity index (χ0) is 14.1. The van der Waals surface area contributed by atoms with Crippen molar-refractivity contribution < 1.29 is 13.6 Å². The topological polar surface area (TPSA) is 26.3 Å². The van der Waals surface area contributed by atoms with Crippen LogP contribution in [0.1, 0.15) is 31.1 Å². The fraction of sp³-hybridized carbons (Fsp3) is 0.462. The summed E-state index contributed by atoms with van der Waals surface area (Å²) >= 11 is 3.10. The Labute approximate surface area is 117 Å². The molecule has 0 heterocycles. The van der Waals surface area contributed by atoms with Crippen LogP contribution in [0.5, 0.6) is 5.75 Å². The van der Waals surface area contributed by atoms with Crippen LogP contribution < -0.4 is 4.43 Å². The highest BCUT2D eigenvalue weighted by molar-refractivity contribution is 9.10. The third kappa shape index (κ3) is 3.20. The zero-order valence-electron chi connectivity index (χ0n) is 11.3. The van der Waals surface area contributed by atoms with Gasteiger partial charge < -0.3 is 4.43 Å². The number of carbonyl (C=O) groups excluding carboxylic acids is 1. The van der Waals surface area contributed by atoms with Gasteiger partial charge in [0.05, 0.1) is 10.0 Å². The molecule has 5 heteroatoms. The Morgan fingerprint density at radius 2 is 1.89 bits per heavy atom. The summed E-state index contributed by atoms with van der Waals surface area (Å²) in [5, 5.41) is 0.0508. The fourth-order valence-corrected chi connectivity index (χ4v) is 2.64. The molecule has 1 aromatic carbocycles. The number of carbonyl (C=O) groups is 1. The standard InChI is InChI=1S/C13H18BrFO2Si/c1-13(2,3)18(4,5)17-10-6-9(8-16)12(15)11(14)7-10/h6-8H,1-5H3. The lowest BCUT2D eigenvalue weighted by Crippen LogP contribution is -2.43. The van der Waals surface area contributed by atoms with Gasteiger partial charge in [-0.3, -0.25) is 4.79 Å². The van der Waals surface area contributed by atoms with Crippen LogP contribution in [0.3, 0.4) is 0 Å². The molecule has 100 valence electrons. The fourth-order valence-electron chi connectivity index (χ4n) is 1.18. The molecule has 0 fully saturated rings. The van der Waals surface area contributed by atoms with Gasteiger partial charge in [0.15, 0.2) is 6.29 Å². The molecule has 0 aliphatic rings. The minimum absolute atomic E-state index is 0.0121. The molecule has 0 unspecified atom stereocenters. The second-order valence-electron chi connectivity index (χ2n) is 5.79. The summed E-state index contributed by atoms with van der Waals surface area (Å²) in [6, 6.07) is 3.02. The van der Waals surface area contributed by atoms with Crippen molar-refractivity contribution in [2.24, 2.45) is 0 Å². The second kappa shape index (κ2) is 5.13. The molecule has 0 atom stereocenters. The van der Waals surface area contributed by atoms with Crippen molar-refractivity contribution in [2.45, 2.75) is 38.9 Å². The monoisotopic (exact) mass is 332 g/mol. The van der Waals surface area contributed by atoms with E-state index in [1.807, 2.05) is 0 Å². The van der Waals surface area contributed by atoms with E-state index in [0.717, 1.165) is 0 Å². The predicted molar refractivity (Wildman–Crippen MR) is 77.3 cm³/mol. The van der Waals surface area contributed by atoms with Gasteiger partial charge in [-0.1, -0.05) is 20.8 Å². The van der Waals surface area contributed by atoms with Gasteiger partial charge in [0.25, 0.3) is 0 Å². The molecule has 0 amide bonds. The van der Waals surface area contributed by atoms with Gasteiger partial charge in [-0.25, -0.2) is 4.39 Å². The molecule has 1 aromatic rings. The van der Waals surface area contributed by atoms with Crippen molar-refractivity contribution in [1.82, 2.24) is 0 Å². The molecule has 0 aliphatic heterocycles. The van der Waals surface area contributed by atoms with Gasteiger partial charge >= 0.3 is 0 Å². The molecule has 0 aliphatic carbocycles. The molecule has 18 heavy (non-hydrogen) atoms. The van der Waals surface area contributed by atoms with Crippen molar-refractivity contribution in [2.75, 3.05) is 0 Å². The van der Waals surface area contributed by atoms with E-state index in [-0.39, 0.29) is 15.1 Å². The smallest absolute Gasteiger partial charge is 0.250 e. The van der Waals surface area contributed by atoms with Crippen LogP contribution in [-0.4, -0.2) is 14.6 Å². The molecule has 0 spiro atoms. The zero-order valence-corrected chi connectivity index (χ0v) is 13.9. The number of benzene rings is 1. The van der Waals surface area contributed by atoms with Crippen LogP contribution in [0.2, 0.25) is 18.1 Å². The maximum absolute atomic E-state index is 13.5. The van der Waals surface area contributed by atoms with Gasteiger partial charge in [-0.15, -0.1) is 0 Å². The van der Waals surface area contributed by atoms with E-state index in [1.54, 1.807) is 6.07 Å². The molecular weight excluding hydrogens is 315 g/mol. The molecule has 0 saturated heterocycles. The van der Waals surface area contributed by atoms with Crippen molar-refractivity contribution in [1.29, 1.82) is 0 Å². The SMILES string of the molecule is CC(C)(C)[Si](C)(C)Oc1cc(Br)c(F)c(C=O)c1. The van der Waals surface area contributed by atoms with Crippen LogP contribution >= 0.6 is 15.9 Å². The summed E-state index contributed by atoms with van der Waals surface area (Å²) in [5.74, 6) is -0.00968. The summed E-state index contributed by atoms with van der Waals surface area (Å²) < 4.78 is 19.8. The van der Waals surface area contributed by atoms with E-state index in [2.05, 4.69) is 49.8 Å². The number of hydrogen-bond donors (Lipinski definition) is 0. The average molecular weight is 333 g/mol. The minimum Gasteiger partial charge on any atom is -0.543 e. The van der Waals surface area contributed by atoms with E-state index in [4.69, 9.17) is 4.43 Å². The van der Waals surface area contributed by atoms with E-state index in [1.165, 1.54) is 6.07 Å². The first-order valence-corrected chi connectivity index (χ1v) is 9.42. The lowest BCUT2D eigenvalue weighted by molar-refractivity contribution is 0.111. The van der Waals surface area contributed by atoms with Crippen molar-refractivity contribution >= 4 is 30.5 Å².